The average molecular weight is 260 g/mol. The zero-order chi connectivity index (χ0) is 12.8. The molecule has 3 rings (SSSR count). The highest BCUT2D eigenvalue weighted by Crippen LogP contribution is 2.38. The number of hydrogen-bond acceptors (Lipinski definition) is 3. The lowest BCUT2D eigenvalue weighted by Crippen LogP contribution is -2.28. The van der Waals surface area contributed by atoms with Crippen molar-refractivity contribution in [1.29, 1.82) is 0 Å². The number of hydrogen-bond donors (Lipinski definition) is 2. The van der Waals surface area contributed by atoms with Gasteiger partial charge in [-0.25, -0.2) is 0 Å². The molecule has 0 aliphatic carbocycles. The number of aliphatic hydroxyl groups is 1. The number of carbonyl (C=O) groups excluding carboxylic acids is 1. The number of ketones is 1. The summed E-state index contributed by atoms with van der Waals surface area (Å²) in [5.74, 6) is -0.574. The Labute approximate surface area is 106 Å². The highest BCUT2D eigenvalue weighted by molar-refractivity contribution is 8.03. The summed E-state index contributed by atoms with van der Waals surface area (Å²) in [4.78, 5) is 13.2. The van der Waals surface area contributed by atoms with E-state index >= 15 is 0 Å². The van der Waals surface area contributed by atoms with Crippen LogP contribution in [0.25, 0.3) is 0 Å². The van der Waals surface area contributed by atoms with Gasteiger partial charge >= 0.3 is 0 Å². The van der Waals surface area contributed by atoms with Crippen molar-refractivity contribution in [2.24, 2.45) is 0 Å². The van der Waals surface area contributed by atoms with Gasteiger partial charge in [0.15, 0.2) is 5.78 Å². The number of fused-ring (bicyclic) bond motifs is 2. The number of carbonyl (C=O) groups is 1. The molecule has 0 fully saturated rings. The molecule has 1 aliphatic rings. The van der Waals surface area contributed by atoms with Crippen LogP contribution in [0.4, 0.5) is 0 Å². The highest BCUT2D eigenvalue weighted by Gasteiger charge is 2.34. The lowest BCUT2D eigenvalue weighted by atomic mass is 10.0. The monoisotopic (exact) mass is 260 g/mol. The third-order valence-electron chi connectivity index (χ3n) is 3.27. The molecular formula is C14H12O3S. The summed E-state index contributed by atoms with van der Waals surface area (Å²) in [6.45, 7) is 0. The molecule has 0 saturated heterocycles. The smallest absolute Gasteiger partial charge is 0.195 e. The fourth-order valence-electron chi connectivity index (χ4n) is 2.39. The van der Waals surface area contributed by atoms with Crippen LogP contribution in [-0.2, 0) is 9.93 Å². The first kappa shape index (κ1) is 11.3. The molecule has 0 spiro atoms. The van der Waals surface area contributed by atoms with E-state index in [9.17, 15) is 14.1 Å². The summed E-state index contributed by atoms with van der Waals surface area (Å²) in [5.41, 5.74) is 0.877. The molecule has 0 radical (unpaired) electrons. The van der Waals surface area contributed by atoms with Gasteiger partial charge in [-0.2, -0.15) is 0 Å². The van der Waals surface area contributed by atoms with Gasteiger partial charge in [0.05, 0.1) is 0 Å². The fourth-order valence-corrected chi connectivity index (χ4v) is 4.74. The first-order valence-corrected chi connectivity index (χ1v) is 7.51. The van der Waals surface area contributed by atoms with Crippen LogP contribution < -0.4 is 0 Å². The van der Waals surface area contributed by atoms with Gasteiger partial charge in [-0.05, 0) is 34.2 Å². The maximum Gasteiger partial charge on any atom is 0.195 e. The summed E-state index contributed by atoms with van der Waals surface area (Å²) >= 11 is 0. The minimum atomic E-state index is -3.08. The second kappa shape index (κ2) is 3.86. The topological polar surface area (TPSA) is 54.4 Å². The number of aliphatic hydroxyl groups excluding tert-OH is 1. The molecule has 4 heteroatoms. The van der Waals surface area contributed by atoms with Crippen LogP contribution in [0.2, 0.25) is 0 Å². The molecule has 1 N–H and O–H groups in total. The number of rotatable bonds is 1. The Hall–Kier alpha value is -1.78. The molecule has 1 aliphatic heterocycles. The standard InChI is InChI=1S/C14H12O3S/c15-9-18(17)12-7-3-1-5-10(12)14(16)11-6-2-4-8-13(11)18/h1-8,15,18H,9H2. The predicted molar refractivity (Wildman–Crippen MR) is 69.5 cm³/mol. The van der Waals surface area contributed by atoms with E-state index in [1.165, 1.54) is 0 Å². The normalized spacial score (nSPS) is 17.7. The molecule has 92 valence electrons. The van der Waals surface area contributed by atoms with Crippen LogP contribution in [0, 0.1) is 0 Å². The van der Waals surface area contributed by atoms with Crippen LogP contribution in [0.1, 0.15) is 15.9 Å². The Morgan fingerprint density at radius 3 is 1.78 bits per heavy atom. The minimum absolute atomic E-state index is 0.124. The summed E-state index contributed by atoms with van der Waals surface area (Å²) in [5, 5.41) is 9.56. The summed E-state index contributed by atoms with van der Waals surface area (Å²) in [7, 11) is -3.08. The van der Waals surface area contributed by atoms with Gasteiger partial charge < -0.3 is 5.11 Å². The van der Waals surface area contributed by atoms with Crippen molar-refractivity contribution in [3.8, 4) is 0 Å². The van der Waals surface area contributed by atoms with Gasteiger partial charge in [0.25, 0.3) is 0 Å². The summed E-state index contributed by atoms with van der Waals surface area (Å²) in [6.07, 6.45) is 0. The summed E-state index contributed by atoms with van der Waals surface area (Å²) < 4.78 is 13.0. The van der Waals surface area contributed by atoms with Gasteiger partial charge in [-0.15, -0.1) is 0 Å². The van der Waals surface area contributed by atoms with E-state index in [-0.39, 0.29) is 5.78 Å². The minimum Gasteiger partial charge on any atom is -0.384 e. The Balaban J connectivity index is 2.42. The van der Waals surface area contributed by atoms with Crippen molar-refractivity contribution in [3.05, 3.63) is 59.7 Å². The van der Waals surface area contributed by atoms with E-state index in [1.807, 2.05) is 0 Å². The summed E-state index contributed by atoms with van der Waals surface area (Å²) in [6, 6.07) is 13.6. The molecule has 0 atom stereocenters. The van der Waals surface area contributed by atoms with Crippen molar-refractivity contribution < 1.29 is 14.1 Å². The van der Waals surface area contributed by atoms with E-state index in [0.717, 1.165) is 0 Å². The maximum absolute atomic E-state index is 13.0. The quantitative estimate of drug-likeness (QED) is 0.766. The SMILES string of the molecule is O=C1c2ccccc2[SH](=O)(CO)c2ccccc21. The molecule has 0 aromatic heterocycles. The molecule has 2 aromatic rings. The van der Waals surface area contributed by atoms with Crippen molar-refractivity contribution >= 4 is 15.7 Å². The molecule has 2 aromatic carbocycles. The molecule has 0 amide bonds. The van der Waals surface area contributed by atoms with Crippen molar-refractivity contribution in [1.82, 2.24) is 0 Å². The Morgan fingerprint density at radius 2 is 1.33 bits per heavy atom. The second-order valence-corrected chi connectivity index (χ2v) is 6.97. The largest absolute Gasteiger partial charge is 0.384 e. The maximum atomic E-state index is 13.0. The predicted octanol–water partition coefficient (Wildman–Crippen LogP) is 1.62. The molecular weight excluding hydrogens is 248 g/mol. The lowest BCUT2D eigenvalue weighted by Gasteiger charge is -2.30. The molecule has 18 heavy (non-hydrogen) atoms. The molecule has 0 bridgehead atoms. The van der Waals surface area contributed by atoms with E-state index < -0.39 is 15.9 Å². The first-order valence-electron chi connectivity index (χ1n) is 5.62. The van der Waals surface area contributed by atoms with Gasteiger partial charge in [0.1, 0.15) is 5.94 Å². The Kier molecular flexibility index (Phi) is 2.43. The van der Waals surface area contributed by atoms with Crippen LogP contribution in [0.5, 0.6) is 0 Å². The third kappa shape index (κ3) is 1.33. The fraction of sp³-hybridized carbons (Fsp3) is 0.0714. The van der Waals surface area contributed by atoms with Crippen molar-refractivity contribution in [2.45, 2.75) is 9.79 Å². The van der Waals surface area contributed by atoms with Crippen LogP contribution in [0.15, 0.2) is 58.3 Å². The molecule has 1 heterocycles. The second-order valence-electron chi connectivity index (χ2n) is 4.24. The lowest BCUT2D eigenvalue weighted by molar-refractivity contribution is 0.103. The molecule has 0 unspecified atom stereocenters. The van der Waals surface area contributed by atoms with Gasteiger partial charge in [0, 0.05) is 20.9 Å². The van der Waals surface area contributed by atoms with E-state index in [4.69, 9.17) is 0 Å². The van der Waals surface area contributed by atoms with Crippen LogP contribution >= 0.6 is 0 Å². The van der Waals surface area contributed by atoms with E-state index in [0.29, 0.717) is 20.9 Å². The van der Waals surface area contributed by atoms with E-state index in [2.05, 4.69) is 0 Å². The van der Waals surface area contributed by atoms with Crippen LogP contribution in [0.3, 0.4) is 0 Å². The van der Waals surface area contributed by atoms with Crippen molar-refractivity contribution in [2.75, 3.05) is 5.94 Å². The number of benzene rings is 2. The van der Waals surface area contributed by atoms with Crippen LogP contribution in [-0.4, -0.2) is 21.0 Å². The molecule has 0 saturated carbocycles. The van der Waals surface area contributed by atoms with Gasteiger partial charge in [-0.1, -0.05) is 24.3 Å². The molecule has 3 nitrogen and oxygen atoms in total. The number of thiol groups is 1. The van der Waals surface area contributed by atoms with Gasteiger partial charge in [-0.3, -0.25) is 9.00 Å². The zero-order valence-electron chi connectivity index (χ0n) is 9.54. The average Bonchev–Trinajstić information content (AvgIpc) is 2.45. The first-order chi connectivity index (χ1) is 8.68. The van der Waals surface area contributed by atoms with E-state index in [1.54, 1.807) is 48.5 Å². The highest BCUT2D eigenvalue weighted by atomic mass is 32.2. The van der Waals surface area contributed by atoms with Gasteiger partial charge in [0.2, 0.25) is 0 Å². The third-order valence-corrected chi connectivity index (χ3v) is 6.01. The zero-order valence-corrected chi connectivity index (χ0v) is 10.4. The Bertz CT molecular complexity index is 637. The van der Waals surface area contributed by atoms with Crippen molar-refractivity contribution in [3.63, 3.8) is 0 Å². The Morgan fingerprint density at radius 1 is 0.889 bits per heavy atom.